The molecular formula is C14H23N5OS. The lowest BCUT2D eigenvalue weighted by Crippen LogP contribution is -2.42. The van der Waals surface area contributed by atoms with Crippen molar-refractivity contribution in [3.63, 3.8) is 0 Å². The molecule has 1 aromatic rings. The molecule has 0 bridgehead atoms. The maximum Gasteiger partial charge on any atom is 0.267 e. The topological polar surface area (TPSA) is 88.5 Å². The first-order chi connectivity index (χ1) is 10.0. The molecule has 2 aliphatic heterocycles. The molecule has 1 aromatic heterocycles. The standard InChI is InChI=1S/C14H23N5OS/c1-9-4-6-18(7-9)13(20)11-12(16)17-14(21-11)19-5-2-3-10(15)8-19/h9-10H,2-8,15-16H2,1H3. The van der Waals surface area contributed by atoms with Crippen molar-refractivity contribution in [3.8, 4) is 0 Å². The third kappa shape index (κ3) is 2.98. The van der Waals surface area contributed by atoms with Crippen LogP contribution in [0.2, 0.25) is 0 Å². The first-order valence-corrected chi connectivity index (χ1v) is 8.42. The van der Waals surface area contributed by atoms with Gasteiger partial charge in [0.05, 0.1) is 0 Å². The van der Waals surface area contributed by atoms with Gasteiger partial charge < -0.3 is 21.3 Å². The third-order valence-electron chi connectivity index (χ3n) is 4.28. The van der Waals surface area contributed by atoms with E-state index in [-0.39, 0.29) is 11.9 Å². The maximum atomic E-state index is 12.5. The number of likely N-dealkylation sites (tertiary alicyclic amines) is 1. The van der Waals surface area contributed by atoms with Gasteiger partial charge in [0, 0.05) is 32.2 Å². The highest BCUT2D eigenvalue weighted by molar-refractivity contribution is 7.18. The Morgan fingerprint density at radius 3 is 2.81 bits per heavy atom. The van der Waals surface area contributed by atoms with Crippen LogP contribution in [-0.2, 0) is 0 Å². The van der Waals surface area contributed by atoms with Gasteiger partial charge in [-0.05, 0) is 25.2 Å². The Morgan fingerprint density at radius 1 is 1.33 bits per heavy atom. The minimum absolute atomic E-state index is 0.0295. The van der Waals surface area contributed by atoms with Crippen molar-refractivity contribution in [3.05, 3.63) is 4.88 Å². The Kier molecular flexibility index (Phi) is 4.03. The van der Waals surface area contributed by atoms with Gasteiger partial charge in [0.2, 0.25) is 0 Å². The summed E-state index contributed by atoms with van der Waals surface area (Å²) in [6.45, 7) is 5.54. The smallest absolute Gasteiger partial charge is 0.267 e. The minimum atomic E-state index is 0.0295. The molecule has 2 fully saturated rings. The van der Waals surface area contributed by atoms with Gasteiger partial charge in [-0.3, -0.25) is 4.79 Å². The van der Waals surface area contributed by atoms with Gasteiger partial charge in [0.25, 0.3) is 5.91 Å². The lowest BCUT2D eigenvalue weighted by molar-refractivity contribution is 0.0793. The summed E-state index contributed by atoms with van der Waals surface area (Å²) < 4.78 is 0. The Hall–Kier alpha value is -1.34. The number of hydrogen-bond acceptors (Lipinski definition) is 6. The average Bonchev–Trinajstić information content (AvgIpc) is 3.04. The zero-order valence-electron chi connectivity index (χ0n) is 12.4. The zero-order valence-corrected chi connectivity index (χ0v) is 13.2. The second-order valence-electron chi connectivity index (χ2n) is 6.20. The van der Waals surface area contributed by atoms with Crippen LogP contribution in [0.5, 0.6) is 0 Å². The highest BCUT2D eigenvalue weighted by Gasteiger charge is 2.29. The molecule has 116 valence electrons. The number of nitrogens with zero attached hydrogens (tertiary/aromatic N) is 3. The molecule has 0 aliphatic carbocycles. The second kappa shape index (κ2) is 5.81. The Bertz CT molecular complexity index is 531. The summed E-state index contributed by atoms with van der Waals surface area (Å²) in [4.78, 5) is 21.6. The molecule has 3 rings (SSSR count). The van der Waals surface area contributed by atoms with E-state index in [9.17, 15) is 4.79 Å². The molecule has 0 radical (unpaired) electrons. The van der Waals surface area contributed by atoms with Crippen LogP contribution in [0.25, 0.3) is 0 Å². The van der Waals surface area contributed by atoms with E-state index in [1.807, 2.05) is 4.90 Å². The number of nitrogen functional groups attached to an aromatic ring is 1. The van der Waals surface area contributed by atoms with Gasteiger partial charge in [-0.15, -0.1) is 0 Å². The molecular weight excluding hydrogens is 286 g/mol. The normalized spacial score (nSPS) is 26.4. The fourth-order valence-electron chi connectivity index (χ4n) is 3.06. The van der Waals surface area contributed by atoms with Gasteiger partial charge in [-0.2, -0.15) is 0 Å². The number of hydrogen-bond donors (Lipinski definition) is 2. The summed E-state index contributed by atoms with van der Waals surface area (Å²) in [5.41, 5.74) is 12.0. The van der Waals surface area contributed by atoms with Crippen LogP contribution in [0.3, 0.4) is 0 Å². The molecule has 0 saturated carbocycles. The third-order valence-corrected chi connectivity index (χ3v) is 5.40. The fraction of sp³-hybridized carbons (Fsp3) is 0.714. The predicted octanol–water partition coefficient (Wildman–Crippen LogP) is 1.13. The van der Waals surface area contributed by atoms with Crippen LogP contribution in [0, 0.1) is 5.92 Å². The molecule has 21 heavy (non-hydrogen) atoms. The number of amides is 1. The molecule has 4 N–H and O–H groups in total. The van der Waals surface area contributed by atoms with E-state index in [0.717, 1.165) is 50.6 Å². The van der Waals surface area contributed by atoms with E-state index < -0.39 is 0 Å². The Labute approximate surface area is 129 Å². The largest absolute Gasteiger partial charge is 0.382 e. The van der Waals surface area contributed by atoms with Crippen LogP contribution < -0.4 is 16.4 Å². The number of rotatable bonds is 2. The van der Waals surface area contributed by atoms with Gasteiger partial charge in [-0.25, -0.2) is 4.98 Å². The molecule has 3 heterocycles. The fourth-order valence-corrected chi connectivity index (χ4v) is 4.04. The van der Waals surface area contributed by atoms with E-state index in [1.165, 1.54) is 11.3 Å². The minimum Gasteiger partial charge on any atom is -0.382 e. The summed E-state index contributed by atoms with van der Waals surface area (Å²) in [6.07, 6.45) is 3.18. The number of carbonyl (C=O) groups is 1. The number of thiazole rings is 1. The monoisotopic (exact) mass is 309 g/mol. The summed E-state index contributed by atoms with van der Waals surface area (Å²) in [5, 5.41) is 0.832. The van der Waals surface area contributed by atoms with Crippen molar-refractivity contribution in [2.75, 3.05) is 36.8 Å². The van der Waals surface area contributed by atoms with Crippen molar-refractivity contribution in [2.45, 2.75) is 32.2 Å². The molecule has 2 aliphatic rings. The molecule has 2 saturated heterocycles. The Morgan fingerprint density at radius 2 is 2.14 bits per heavy atom. The lowest BCUT2D eigenvalue weighted by atomic mass is 10.1. The molecule has 0 aromatic carbocycles. The number of piperidine rings is 1. The van der Waals surface area contributed by atoms with Crippen LogP contribution in [0.4, 0.5) is 10.9 Å². The predicted molar refractivity (Wildman–Crippen MR) is 85.6 cm³/mol. The van der Waals surface area contributed by atoms with Crippen molar-refractivity contribution in [1.29, 1.82) is 0 Å². The van der Waals surface area contributed by atoms with Crippen LogP contribution in [0.15, 0.2) is 0 Å². The van der Waals surface area contributed by atoms with Crippen LogP contribution in [-0.4, -0.2) is 48.0 Å². The molecule has 1 amide bonds. The van der Waals surface area contributed by atoms with Crippen molar-refractivity contribution in [1.82, 2.24) is 9.88 Å². The van der Waals surface area contributed by atoms with Gasteiger partial charge in [0.1, 0.15) is 10.7 Å². The summed E-state index contributed by atoms with van der Waals surface area (Å²) in [6, 6.07) is 0.183. The molecule has 2 unspecified atom stereocenters. The first-order valence-electron chi connectivity index (χ1n) is 7.60. The van der Waals surface area contributed by atoms with E-state index in [2.05, 4.69) is 16.8 Å². The van der Waals surface area contributed by atoms with Gasteiger partial charge in [-0.1, -0.05) is 18.3 Å². The first kappa shape index (κ1) is 14.6. The highest BCUT2D eigenvalue weighted by atomic mass is 32.1. The highest BCUT2D eigenvalue weighted by Crippen LogP contribution is 2.31. The van der Waals surface area contributed by atoms with Crippen LogP contribution >= 0.6 is 11.3 Å². The van der Waals surface area contributed by atoms with E-state index in [1.54, 1.807) is 0 Å². The number of aromatic nitrogens is 1. The molecule has 2 atom stereocenters. The molecule has 0 spiro atoms. The van der Waals surface area contributed by atoms with Crippen LogP contribution in [0.1, 0.15) is 35.9 Å². The maximum absolute atomic E-state index is 12.5. The van der Waals surface area contributed by atoms with E-state index in [4.69, 9.17) is 11.5 Å². The SMILES string of the molecule is CC1CCN(C(=O)c2sc(N3CCCC(N)C3)nc2N)C1. The molecule has 7 heteroatoms. The summed E-state index contributed by atoms with van der Waals surface area (Å²) in [7, 11) is 0. The van der Waals surface area contributed by atoms with Gasteiger partial charge >= 0.3 is 0 Å². The average molecular weight is 309 g/mol. The number of anilines is 2. The quantitative estimate of drug-likeness (QED) is 0.855. The number of nitrogens with two attached hydrogens (primary N) is 2. The van der Waals surface area contributed by atoms with Crippen molar-refractivity contribution >= 4 is 28.2 Å². The van der Waals surface area contributed by atoms with Crippen molar-refractivity contribution < 1.29 is 4.79 Å². The number of carbonyl (C=O) groups excluding carboxylic acids is 1. The summed E-state index contributed by atoms with van der Waals surface area (Å²) in [5.74, 6) is 0.961. The molecule has 6 nitrogen and oxygen atoms in total. The second-order valence-corrected chi connectivity index (χ2v) is 7.18. The summed E-state index contributed by atoms with van der Waals surface area (Å²) >= 11 is 1.41. The lowest BCUT2D eigenvalue weighted by Gasteiger charge is -2.30. The van der Waals surface area contributed by atoms with E-state index in [0.29, 0.717) is 16.6 Å². The zero-order chi connectivity index (χ0) is 15.0. The van der Waals surface area contributed by atoms with E-state index >= 15 is 0 Å². The van der Waals surface area contributed by atoms with Crippen molar-refractivity contribution in [2.24, 2.45) is 11.7 Å². The Balaban J connectivity index is 1.76. The van der Waals surface area contributed by atoms with Gasteiger partial charge in [0.15, 0.2) is 5.13 Å².